The zero-order valence-electron chi connectivity index (χ0n) is 18.5. The molecule has 0 spiro atoms. The van der Waals surface area contributed by atoms with Crippen LogP contribution in [0.25, 0.3) is 0 Å². The van der Waals surface area contributed by atoms with Gasteiger partial charge in [-0.1, -0.05) is 20.3 Å². The van der Waals surface area contributed by atoms with Gasteiger partial charge in [-0.25, -0.2) is 8.42 Å². The van der Waals surface area contributed by atoms with Crippen molar-refractivity contribution < 1.29 is 18.1 Å². The Kier molecular flexibility index (Phi) is 8.26. The van der Waals surface area contributed by atoms with Crippen molar-refractivity contribution in [3.05, 3.63) is 28.3 Å². The first kappa shape index (κ1) is 23.9. The van der Waals surface area contributed by atoms with Crippen molar-refractivity contribution in [2.24, 2.45) is 5.92 Å². The minimum Gasteiger partial charge on any atom is -0.379 e. The molecule has 0 amide bonds. The molecule has 2 fully saturated rings. The maximum atomic E-state index is 12.9. The molecule has 31 heavy (non-hydrogen) atoms. The number of benzene rings is 1. The molecular weight excluding hydrogens is 420 g/mol. The van der Waals surface area contributed by atoms with Crippen LogP contribution >= 0.6 is 0 Å². The number of nitro benzene ring substituents is 1. The van der Waals surface area contributed by atoms with Crippen molar-refractivity contribution in [2.45, 2.75) is 50.5 Å². The van der Waals surface area contributed by atoms with E-state index in [1.54, 1.807) is 0 Å². The highest BCUT2D eigenvalue weighted by Crippen LogP contribution is 2.30. The third-order valence-corrected chi connectivity index (χ3v) is 7.85. The summed E-state index contributed by atoms with van der Waals surface area (Å²) in [6.45, 7) is 8.88. The van der Waals surface area contributed by atoms with Gasteiger partial charge in [-0.3, -0.25) is 15.0 Å². The van der Waals surface area contributed by atoms with Crippen LogP contribution in [0.3, 0.4) is 0 Å². The van der Waals surface area contributed by atoms with Crippen LogP contribution in [0.15, 0.2) is 23.1 Å². The molecule has 2 heterocycles. The second-order valence-electron chi connectivity index (χ2n) is 8.71. The molecule has 0 saturated carbocycles. The number of morpholine rings is 1. The van der Waals surface area contributed by atoms with Gasteiger partial charge in [0.2, 0.25) is 10.0 Å². The number of sulfonamides is 1. The molecule has 0 aromatic heterocycles. The van der Waals surface area contributed by atoms with Crippen LogP contribution in [0.4, 0.5) is 11.4 Å². The SMILES string of the molecule is CC(C)C[C@H](CNc1ccc(S(=O)(=O)N2CCCCC2)cc1[N+](=O)[O-])N1CCOCC1. The van der Waals surface area contributed by atoms with E-state index in [1.165, 1.54) is 22.5 Å². The molecule has 2 aliphatic heterocycles. The Bertz CT molecular complexity index is 849. The van der Waals surface area contributed by atoms with E-state index >= 15 is 0 Å². The molecule has 0 unspecified atom stereocenters. The van der Waals surface area contributed by atoms with Gasteiger partial charge in [0.25, 0.3) is 5.69 Å². The summed E-state index contributed by atoms with van der Waals surface area (Å²) >= 11 is 0. The summed E-state index contributed by atoms with van der Waals surface area (Å²) in [4.78, 5) is 13.6. The number of hydrogen-bond acceptors (Lipinski definition) is 7. The summed E-state index contributed by atoms with van der Waals surface area (Å²) in [5.74, 6) is 0.488. The number of piperidine rings is 1. The zero-order chi connectivity index (χ0) is 22.4. The molecule has 2 aliphatic rings. The molecule has 10 heteroatoms. The van der Waals surface area contributed by atoms with Crippen LogP contribution in [-0.2, 0) is 14.8 Å². The van der Waals surface area contributed by atoms with Crippen LogP contribution in [0.1, 0.15) is 39.5 Å². The van der Waals surface area contributed by atoms with Crippen molar-refractivity contribution in [3.8, 4) is 0 Å². The molecule has 0 bridgehead atoms. The standard InChI is InChI=1S/C21H34N4O5S/c1-17(2)14-18(23-10-12-30-13-11-23)16-22-20-7-6-19(15-21(20)25(26)27)31(28,29)24-8-4-3-5-9-24/h6-7,15,17-18,22H,3-5,8-14,16H2,1-2H3/t18-/m1/s1. The summed E-state index contributed by atoms with van der Waals surface area (Å²) in [7, 11) is -3.72. The number of rotatable bonds is 9. The lowest BCUT2D eigenvalue weighted by atomic mass is 10.0. The van der Waals surface area contributed by atoms with Gasteiger partial charge >= 0.3 is 0 Å². The molecule has 1 N–H and O–H groups in total. The largest absolute Gasteiger partial charge is 0.379 e. The number of nitro groups is 1. The van der Waals surface area contributed by atoms with Gasteiger partial charge in [0, 0.05) is 44.8 Å². The Labute approximate surface area is 184 Å². The fourth-order valence-electron chi connectivity index (χ4n) is 4.30. The van der Waals surface area contributed by atoms with Gasteiger partial charge in [0.1, 0.15) is 5.69 Å². The molecule has 0 aliphatic carbocycles. The fraction of sp³-hybridized carbons (Fsp3) is 0.714. The van der Waals surface area contributed by atoms with E-state index in [4.69, 9.17) is 4.74 Å². The Hall–Kier alpha value is -1.75. The van der Waals surface area contributed by atoms with E-state index in [9.17, 15) is 18.5 Å². The number of anilines is 1. The molecule has 3 rings (SSSR count). The second-order valence-corrected chi connectivity index (χ2v) is 10.7. The minimum absolute atomic E-state index is 0.0152. The molecule has 1 atom stereocenters. The van der Waals surface area contributed by atoms with Gasteiger partial charge in [0.15, 0.2) is 0 Å². The monoisotopic (exact) mass is 454 g/mol. The Morgan fingerprint density at radius 3 is 2.42 bits per heavy atom. The average molecular weight is 455 g/mol. The third-order valence-electron chi connectivity index (χ3n) is 5.95. The van der Waals surface area contributed by atoms with E-state index in [-0.39, 0.29) is 16.6 Å². The topological polar surface area (TPSA) is 105 Å². The molecule has 2 saturated heterocycles. The average Bonchev–Trinajstić information content (AvgIpc) is 2.77. The van der Waals surface area contributed by atoms with Gasteiger partial charge in [-0.05, 0) is 37.3 Å². The highest BCUT2D eigenvalue weighted by atomic mass is 32.2. The molecule has 1 aromatic carbocycles. The van der Waals surface area contributed by atoms with Crippen molar-refractivity contribution in [1.82, 2.24) is 9.21 Å². The predicted octanol–water partition coefficient (Wildman–Crippen LogP) is 2.93. The highest BCUT2D eigenvalue weighted by molar-refractivity contribution is 7.89. The van der Waals surface area contributed by atoms with Crippen molar-refractivity contribution in [3.63, 3.8) is 0 Å². The highest BCUT2D eigenvalue weighted by Gasteiger charge is 2.29. The number of hydrogen-bond donors (Lipinski definition) is 1. The molecular formula is C21H34N4O5S. The minimum atomic E-state index is -3.72. The summed E-state index contributed by atoms with van der Waals surface area (Å²) in [5, 5.41) is 15.0. The van der Waals surface area contributed by atoms with Crippen molar-refractivity contribution in [2.75, 3.05) is 51.3 Å². The van der Waals surface area contributed by atoms with Crippen molar-refractivity contribution in [1.29, 1.82) is 0 Å². The van der Waals surface area contributed by atoms with Gasteiger partial charge in [-0.15, -0.1) is 0 Å². The number of nitrogens with one attached hydrogen (secondary N) is 1. The lowest BCUT2D eigenvalue weighted by molar-refractivity contribution is -0.384. The summed E-state index contributed by atoms with van der Waals surface area (Å²) in [5.41, 5.74) is 0.146. The summed E-state index contributed by atoms with van der Waals surface area (Å²) in [6.07, 6.45) is 3.61. The van der Waals surface area contributed by atoms with E-state index in [0.29, 0.717) is 44.5 Å². The maximum Gasteiger partial charge on any atom is 0.293 e. The van der Waals surface area contributed by atoms with Crippen LogP contribution in [0.2, 0.25) is 0 Å². The second kappa shape index (κ2) is 10.7. The van der Waals surface area contributed by atoms with Crippen LogP contribution in [0, 0.1) is 16.0 Å². The molecule has 174 valence electrons. The Balaban J connectivity index is 1.78. The van der Waals surface area contributed by atoms with E-state index < -0.39 is 14.9 Å². The van der Waals surface area contributed by atoms with Gasteiger partial charge in [-0.2, -0.15) is 4.31 Å². The lowest BCUT2D eigenvalue weighted by Gasteiger charge is -2.35. The van der Waals surface area contributed by atoms with E-state index in [0.717, 1.165) is 38.8 Å². The number of ether oxygens (including phenoxy) is 1. The predicted molar refractivity (Wildman–Crippen MR) is 120 cm³/mol. The first-order chi connectivity index (χ1) is 14.8. The molecule has 1 aromatic rings. The quantitative estimate of drug-likeness (QED) is 0.452. The van der Waals surface area contributed by atoms with E-state index in [2.05, 4.69) is 24.1 Å². The zero-order valence-corrected chi connectivity index (χ0v) is 19.3. The molecule has 0 radical (unpaired) electrons. The van der Waals surface area contributed by atoms with Gasteiger partial charge in [0.05, 0.1) is 23.0 Å². The molecule has 9 nitrogen and oxygen atoms in total. The Morgan fingerprint density at radius 2 is 1.81 bits per heavy atom. The van der Waals surface area contributed by atoms with Crippen molar-refractivity contribution >= 4 is 21.4 Å². The maximum absolute atomic E-state index is 12.9. The Morgan fingerprint density at radius 1 is 1.13 bits per heavy atom. The first-order valence-corrected chi connectivity index (χ1v) is 12.6. The summed E-state index contributed by atoms with van der Waals surface area (Å²) in [6, 6.07) is 4.42. The van der Waals surface area contributed by atoms with Crippen LogP contribution in [-0.4, -0.2) is 74.5 Å². The smallest absolute Gasteiger partial charge is 0.293 e. The lowest BCUT2D eigenvalue weighted by Crippen LogP contribution is -2.47. The first-order valence-electron chi connectivity index (χ1n) is 11.1. The van der Waals surface area contributed by atoms with Crippen LogP contribution < -0.4 is 5.32 Å². The summed E-state index contributed by atoms with van der Waals surface area (Å²) < 4.78 is 32.7. The normalized spacial score (nSPS) is 20.0. The number of nitrogens with zero attached hydrogens (tertiary/aromatic N) is 3. The fourth-order valence-corrected chi connectivity index (χ4v) is 5.84. The van der Waals surface area contributed by atoms with E-state index in [1.807, 2.05) is 0 Å². The third kappa shape index (κ3) is 6.15. The van der Waals surface area contributed by atoms with Crippen LogP contribution in [0.5, 0.6) is 0 Å². The van der Waals surface area contributed by atoms with Gasteiger partial charge < -0.3 is 10.1 Å².